The first-order valence-corrected chi connectivity index (χ1v) is 8.38. The van der Waals surface area contributed by atoms with E-state index in [9.17, 15) is 14.4 Å². The molecule has 2 aromatic carbocycles. The van der Waals surface area contributed by atoms with Crippen LogP contribution in [0.15, 0.2) is 60.7 Å². The molecule has 0 radical (unpaired) electrons. The van der Waals surface area contributed by atoms with Crippen LogP contribution in [0.1, 0.15) is 24.0 Å². The van der Waals surface area contributed by atoms with Crippen LogP contribution in [-0.4, -0.2) is 28.9 Å². The van der Waals surface area contributed by atoms with Crippen LogP contribution in [0.5, 0.6) is 0 Å². The highest BCUT2D eigenvalue weighted by molar-refractivity contribution is 5.99. The van der Waals surface area contributed by atoms with Crippen molar-refractivity contribution < 1.29 is 23.9 Å². The fraction of sp³-hybridized carbons (Fsp3) is 0.250. The van der Waals surface area contributed by atoms with Crippen LogP contribution in [0.3, 0.4) is 0 Å². The molecule has 1 saturated heterocycles. The average Bonchev–Trinajstić information content (AvgIpc) is 3.07. The fourth-order valence-corrected chi connectivity index (χ4v) is 2.75. The lowest BCUT2D eigenvalue weighted by atomic mass is 10.2. The van der Waals surface area contributed by atoms with Crippen molar-refractivity contribution >= 4 is 18.0 Å². The predicted octanol–water partition coefficient (Wildman–Crippen LogP) is 3.06. The van der Waals surface area contributed by atoms with Crippen molar-refractivity contribution in [3.63, 3.8) is 0 Å². The molecule has 0 aliphatic carbocycles. The van der Waals surface area contributed by atoms with Crippen molar-refractivity contribution in [1.82, 2.24) is 4.90 Å². The molecule has 3 rings (SSSR count). The van der Waals surface area contributed by atoms with Gasteiger partial charge in [-0.15, -0.1) is 0 Å². The van der Waals surface area contributed by atoms with Gasteiger partial charge in [0, 0.05) is 6.42 Å². The predicted molar refractivity (Wildman–Crippen MR) is 92.7 cm³/mol. The summed E-state index contributed by atoms with van der Waals surface area (Å²) in [5.41, 5.74) is 1.64. The summed E-state index contributed by atoms with van der Waals surface area (Å²) in [6.45, 7) is 0.131. The maximum atomic E-state index is 12.3. The van der Waals surface area contributed by atoms with Crippen molar-refractivity contribution in [1.29, 1.82) is 0 Å². The molecule has 0 saturated carbocycles. The average molecular weight is 353 g/mol. The lowest BCUT2D eigenvalue weighted by Crippen LogP contribution is -2.43. The van der Waals surface area contributed by atoms with Crippen molar-refractivity contribution in [2.45, 2.75) is 32.1 Å². The van der Waals surface area contributed by atoms with E-state index in [-0.39, 0.29) is 26.1 Å². The van der Waals surface area contributed by atoms with Crippen molar-refractivity contribution in [2.24, 2.45) is 0 Å². The zero-order valence-corrected chi connectivity index (χ0v) is 14.2. The van der Waals surface area contributed by atoms with E-state index in [0.717, 1.165) is 16.0 Å². The number of amides is 2. The maximum absolute atomic E-state index is 12.3. The third-order valence-corrected chi connectivity index (χ3v) is 4.11. The first-order chi connectivity index (χ1) is 12.6. The second kappa shape index (κ2) is 8.29. The number of carbonyl (C=O) groups is 3. The number of carbonyl (C=O) groups excluding carboxylic acids is 3. The molecule has 2 aromatic rings. The summed E-state index contributed by atoms with van der Waals surface area (Å²) in [5.74, 6) is -1.03. The van der Waals surface area contributed by atoms with Crippen molar-refractivity contribution in [2.75, 3.05) is 0 Å². The molecule has 6 heteroatoms. The highest BCUT2D eigenvalue weighted by Crippen LogP contribution is 2.22. The Morgan fingerprint density at radius 1 is 0.885 bits per heavy atom. The number of benzene rings is 2. The van der Waals surface area contributed by atoms with E-state index >= 15 is 0 Å². The number of hydrogen-bond donors (Lipinski definition) is 0. The molecule has 26 heavy (non-hydrogen) atoms. The Morgan fingerprint density at radius 3 is 2.00 bits per heavy atom. The number of imide groups is 1. The number of esters is 1. The SMILES string of the molecule is O=C(OCc1ccccc1)C1CCC(=O)N1C(=O)OCc1ccccc1. The van der Waals surface area contributed by atoms with Gasteiger partial charge in [-0.1, -0.05) is 60.7 Å². The molecule has 134 valence electrons. The second-order valence-electron chi connectivity index (χ2n) is 5.95. The van der Waals surface area contributed by atoms with Crippen molar-refractivity contribution in [3.05, 3.63) is 71.8 Å². The Balaban J connectivity index is 1.58. The van der Waals surface area contributed by atoms with Crippen molar-refractivity contribution in [3.8, 4) is 0 Å². The van der Waals surface area contributed by atoms with Gasteiger partial charge in [-0.2, -0.15) is 0 Å². The lowest BCUT2D eigenvalue weighted by molar-refractivity contribution is -0.152. The standard InChI is InChI=1S/C20H19NO5/c22-18-12-11-17(19(23)25-13-15-7-3-1-4-8-15)21(18)20(24)26-14-16-9-5-2-6-10-16/h1-10,17H,11-14H2. The number of hydrogen-bond acceptors (Lipinski definition) is 5. The molecule has 1 aliphatic heterocycles. The molecular formula is C20H19NO5. The summed E-state index contributed by atoms with van der Waals surface area (Å²) < 4.78 is 10.4. The molecule has 6 nitrogen and oxygen atoms in total. The Kier molecular flexibility index (Phi) is 5.63. The normalized spacial score (nSPS) is 16.4. The van der Waals surface area contributed by atoms with Crippen LogP contribution in [0.2, 0.25) is 0 Å². The minimum absolute atomic E-state index is 0.0369. The van der Waals surface area contributed by atoms with Gasteiger partial charge in [-0.3, -0.25) is 4.79 Å². The molecular weight excluding hydrogens is 334 g/mol. The van der Waals surface area contributed by atoms with Crippen LogP contribution < -0.4 is 0 Å². The largest absolute Gasteiger partial charge is 0.459 e. The first-order valence-electron chi connectivity index (χ1n) is 8.38. The minimum Gasteiger partial charge on any atom is -0.459 e. The Labute approximate surface area is 151 Å². The summed E-state index contributed by atoms with van der Waals surface area (Å²) in [6.07, 6.45) is -0.462. The zero-order valence-electron chi connectivity index (χ0n) is 14.2. The van der Waals surface area contributed by atoms with Gasteiger partial charge in [-0.25, -0.2) is 14.5 Å². The topological polar surface area (TPSA) is 72.9 Å². The van der Waals surface area contributed by atoms with E-state index in [1.165, 1.54) is 0 Å². The summed E-state index contributed by atoms with van der Waals surface area (Å²) in [6, 6.07) is 17.4. The quantitative estimate of drug-likeness (QED) is 0.773. The van der Waals surface area contributed by atoms with Gasteiger partial charge in [0.15, 0.2) is 0 Å². The van der Waals surface area contributed by atoms with Crippen LogP contribution in [-0.2, 0) is 32.3 Å². The number of nitrogens with zero attached hydrogens (tertiary/aromatic N) is 1. The molecule has 1 atom stereocenters. The Morgan fingerprint density at radius 2 is 1.42 bits per heavy atom. The number of likely N-dealkylation sites (tertiary alicyclic amines) is 1. The molecule has 0 bridgehead atoms. The van der Waals surface area contributed by atoms with E-state index in [2.05, 4.69) is 0 Å². The van der Waals surface area contributed by atoms with Gasteiger partial charge in [0.1, 0.15) is 19.3 Å². The molecule has 1 aliphatic rings. The van der Waals surface area contributed by atoms with E-state index in [1.807, 2.05) is 60.7 Å². The molecule has 0 N–H and O–H groups in total. The molecule has 1 unspecified atom stereocenters. The number of rotatable bonds is 5. The van der Waals surface area contributed by atoms with Gasteiger partial charge in [0.2, 0.25) is 5.91 Å². The molecule has 1 fully saturated rings. The van der Waals surface area contributed by atoms with Gasteiger partial charge in [0.25, 0.3) is 0 Å². The summed E-state index contributed by atoms with van der Waals surface area (Å²) in [7, 11) is 0. The smallest absolute Gasteiger partial charge is 0.417 e. The summed E-state index contributed by atoms with van der Waals surface area (Å²) in [5, 5.41) is 0. The van der Waals surface area contributed by atoms with E-state index in [4.69, 9.17) is 9.47 Å². The fourth-order valence-electron chi connectivity index (χ4n) is 2.75. The third kappa shape index (κ3) is 4.27. The van der Waals surface area contributed by atoms with Crippen LogP contribution in [0, 0.1) is 0 Å². The van der Waals surface area contributed by atoms with Gasteiger partial charge >= 0.3 is 12.1 Å². The zero-order chi connectivity index (χ0) is 18.4. The minimum atomic E-state index is -0.936. The van der Waals surface area contributed by atoms with Gasteiger partial charge < -0.3 is 9.47 Å². The summed E-state index contributed by atoms with van der Waals surface area (Å²) >= 11 is 0. The third-order valence-electron chi connectivity index (χ3n) is 4.11. The molecule has 1 heterocycles. The molecule has 0 spiro atoms. The van der Waals surface area contributed by atoms with E-state index < -0.39 is 24.0 Å². The first kappa shape index (κ1) is 17.7. The Bertz CT molecular complexity index is 775. The highest BCUT2D eigenvalue weighted by atomic mass is 16.6. The molecule has 0 aromatic heterocycles. The lowest BCUT2D eigenvalue weighted by Gasteiger charge is -2.21. The second-order valence-corrected chi connectivity index (χ2v) is 5.95. The van der Waals surface area contributed by atoms with Gasteiger partial charge in [0.05, 0.1) is 0 Å². The Hall–Kier alpha value is -3.15. The summed E-state index contributed by atoms with van der Waals surface area (Å²) in [4.78, 5) is 37.5. The van der Waals surface area contributed by atoms with Crippen LogP contribution in [0.4, 0.5) is 4.79 Å². The van der Waals surface area contributed by atoms with Crippen LogP contribution in [0.25, 0.3) is 0 Å². The number of ether oxygens (including phenoxy) is 2. The van der Waals surface area contributed by atoms with Crippen LogP contribution >= 0.6 is 0 Å². The highest BCUT2D eigenvalue weighted by Gasteiger charge is 2.42. The van der Waals surface area contributed by atoms with E-state index in [0.29, 0.717) is 0 Å². The molecule has 2 amide bonds. The van der Waals surface area contributed by atoms with Gasteiger partial charge in [-0.05, 0) is 17.5 Å². The maximum Gasteiger partial charge on any atom is 0.417 e. The monoisotopic (exact) mass is 353 g/mol. The van der Waals surface area contributed by atoms with E-state index in [1.54, 1.807) is 0 Å².